The summed E-state index contributed by atoms with van der Waals surface area (Å²) in [6.45, 7) is 2.08. The lowest BCUT2D eigenvalue weighted by Crippen LogP contribution is -2.23. The lowest BCUT2D eigenvalue weighted by molar-refractivity contribution is 0.257. The minimum absolute atomic E-state index is 0.204. The van der Waals surface area contributed by atoms with E-state index in [-0.39, 0.29) is 6.03 Å². The van der Waals surface area contributed by atoms with Crippen LogP contribution >= 0.6 is 11.9 Å². The molecule has 1 aliphatic rings. The van der Waals surface area contributed by atoms with Crippen molar-refractivity contribution in [2.24, 2.45) is 0 Å². The number of nitrogens with one attached hydrogen (secondary N) is 2. The summed E-state index contributed by atoms with van der Waals surface area (Å²) >= 11 is 1.28. The van der Waals surface area contributed by atoms with E-state index >= 15 is 0 Å². The minimum Gasteiger partial charge on any atom is -0.481 e. The Labute approximate surface area is 146 Å². The molecular formula is C18H21N3O2S. The fourth-order valence-corrected chi connectivity index (χ4v) is 3.55. The number of rotatable bonds is 4. The summed E-state index contributed by atoms with van der Waals surface area (Å²) in [4.78, 5) is 16.3. The van der Waals surface area contributed by atoms with Crippen LogP contribution < -0.4 is 14.8 Å². The zero-order valence-corrected chi connectivity index (χ0v) is 14.9. The van der Waals surface area contributed by atoms with E-state index in [2.05, 4.69) is 28.0 Å². The molecule has 0 fully saturated rings. The van der Waals surface area contributed by atoms with Crippen molar-refractivity contribution in [3.05, 3.63) is 41.1 Å². The Morgan fingerprint density at radius 3 is 2.92 bits per heavy atom. The first-order valence-corrected chi connectivity index (χ1v) is 9.12. The number of hydrogen-bond donors (Lipinski definition) is 2. The van der Waals surface area contributed by atoms with Gasteiger partial charge < -0.3 is 10.1 Å². The fourth-order valence-electron chi connectivity index (χ4n) is 3.31. The van der Waals surface area contributed by atoms with Crippen molar-refractivity contribution in [2.45, 2.75) is 26.2 Å². The van der Waals surface area contributed by atoms with Gasteiger partial charge in [0.05, 0.1) is 12.8 Å². The second-order valence-corrected chi connectivity index (χ2v) is 6.39. The highest BCUT2D eigenvalue weighted by Crippen LogP contribution is 2.40. The van der Waals surface area contributed by atoms with Crippen LogP contribution in [0.25, 0.3) is 11.1 Å². The van der Waals surface area contributed by atoms with Crippen LogP contribution in [0.5, 0.6) is 5.88 Å². The molecule has 126 valence electrons. The number of pyridine rings is 1. The number of aromatic nitrogens is 1. The number of urea groups is 1. The summed E-state index contributed by atoms with van der Waals surface area (Å²) in [6, 6.07) is 5.89. The Balaban J connectivity index is 2.15. The molecule has 1 aliphatic carbocycles. The number of nitrogens with zero attached hydrogens (tertiary/aromatic N) is 1. The Bertz CT molecular complexity index is 777. The number of benzene rings is 1. The summed E-state index contributed by atoms with van der Waals surface area (Å²) in [5.41, 5.74) is 6.64. The van der Waals surface area contributed by atoms with Crippen LogP contribution in [0.15, 0.2) is 24.4 Å². The maximum atomic E-state index is 12.2. The van der Waals surface area contributed by atoms with Crippen LogP contribution in [0, 0.1) is 6.92 Å². The van der Waals surface area contributed by atoms with E-state index in [1.807, 2.05) is 18.4 Å². The maximum absolute atomic E-state index is 12.2. The molecule has 1 heterocycles. The van der Waals surface area contributed by atoms with Crippen molar-refractivity contribution in [1.29, 1.82) is 0 Å². The summed E-state index contributed by atoms with van der Waals surface area (Å²) in [6.07, 6.45) is 6.73. The molecule has 0 saturated carbocycles. The predicted octanol–water partition coefficient (Wildman–Crippen LogP) is 3.95. The van der Waals surface area contributed by atoms with Crippen LogP contribution in [0.1, 0.15) is 23.1 Å². The van der Waals surface area contributed by atoms with Gasteiger partial charge in [-0.3, -0.25) is 4.72 Å². The number of hydrogen-bond acceptors (Lipinski definition) is 4. The lowest BCUT2D eigenvalue weighted by atomic mass is 9.93. The molecule has 0 saturated heterocycles. The zero-order chi connectivity index (χ0) is 17.1. The Hall–Kier alpha value is -2.21. The molecule has 24 heavy (non-hydrogen) atoms. The second-order valence-electron chi connectivity index (χ2n) is 5.78. The molecule has 6 heteroatoms. The molecule has 0 aliphatic heterocycles. The highest BCUT2D eigenvalue weighted by atomic mass is 32.2. The van der Waals surface area contributed by atoms with Gasteiger partial charge in [-0.25, -0.2) is 9.78 Å². The minimum atomic E-state index is -0.204. The first-order chi connectivity index (χ1) is 11.6. The largest absolute Gasteiger partial charge is 0.481 e. The Morgan fingerprint density at radius 2 is 2.17 bits per heavy atom. The third-order valence-electron chi connectivity index (χ3n) is 4.26. The normalized spacial score (nSPS) is 12.6. The zero-order valence-electron chi connectivity index (χ0n) is 14.1. The molecule has 0 spiro atoms. The van der Waals surface area contributed by atoms with Gasteiger partial charge in [-0.05, 0) is 54.5 Å². The lowest BCUT2D eigenvalue weighted by Gasteiger charge is -2.19. The van der Waals surface area contributed by atoms with Crippen LogP contribution in [0.3, 0.4) is 0 Å². The molecule has 0 radical (unpaired) electrons. The standard InChI is InChI=1S/C18H21N3O2S/c1-11-9-12-5-4-6-14(12)17(20-18(22)21-24-3)16(11)13-7-8-19-15(10-13)23-2/h7-10H,4-6H2,1-3H3,(H2,20,21,22). The van der Waals surface area contributed by atoms with Gasteiger partial charge in [0.2, 0.25) is 5.88 Å². The van der Waals surface area contributed by atoms with Gasteiger partial charge in [-0.15, -0.1) is 0 Å². The topological polar surface area (TPSA) is 63.2 Å². The van der Waals surface area contributed by atoms with Gasteiger partial charge in [-0.2, -0.15) is 0 Å². The van der Waals surface area contributed by atoms with Crippen molar-refractivity contribution in [2.75, 3.05) is 18.7 Å². The summed E-state index contributed by atoms with van der Waals surface area (Å²) in [5, 5.41) is 3.06. The van der Waals surface area contributed by atoms with Gasteiger partial charge in [0.1, 0.15) is 0 Å². The molecule has 2 N–H and O–H groups in total. The van der Waals surface area contributed by atoms with E-state index in [1.54, 1.807) is 13.3 Å². The van der Waals surface area contributed by atoms with E-state index < -0.39 is 0 Å². The quantitative estimate of drug-likeness (QED) is 0.825. The number of carbonyl (C=O) groups is 1. The van der Waals surface area contributed by atoms with Gasteiger partial charge in [0, 0.05) is 24.1 Å². The van der Waals surface area contributed by atoms with Crippen molar-refractivity contribution in [3.8, 4) is 17.0 Å². The smallest absolute Gasteiger partial charge is 0.329 e. The molecule has 0 bridgehead atoms. The van der Waals surface area contributed by atoms with Crippen LogP contribution in [0.4, 0.5) is 10.5 Å². The van der Waals surface area contributed by atoms with Crippen LogP contribution in [0.2, 0.25) is 0 Å². The van der Waals surface area contributed by atoms with E-state index in [0.717, 1.165) is 41.6 Å². The molecule has 0 atom stereocenters. The third kappa shape index (κ3) is 3.19. The van der Waals surface area contributed by atoms with Crippen molar-refractivity contribution >= 4 is 23.7 Å². The summed E-state index contributed by atoms with van der Waals surface area (Å²) in [5.74, 6) is 0.562. The van der Waals surface area contributed by atoms with Gasteiger partial charge in [0.25, 0.3) is 0 Å². The van der Waals surface area contributed by atoms with E-state index in [1.165, 1.54) is 23.1 Å². The number of anilines is 1. The fraction of sp³-hybridized carbons (Fsp3) is 0.333. The van der Waals surface area contributed by atoms with Crippen LogP contribution in [-0.2, 0) is 12.8 Å². The molecular weight excluding hydrogens is 322 g/mol. The number of ether oxygens (including phenoxy) is 1. The molecule has 0 unspecified atom stereocenters. The first-order valence-electron chi connectivity index (χ1n) is 7.89. The van der Waals surface area contributed by atoms with Gasteiger partial charge in [0.15, 0.2) is 0 Å². The van der Waals surface area contributed by atoms with E-state index in [9.17, 15) is 4.79 Å². The number of aryl methyl sites for hydroxylation is 2. The third-order valence-corrected chi connectivity index (χ3v) is 4.65. The van der Waals surface area contributed by atoms with Gasteiger partial charge in [-0.1, -0.05) is 18.0 Å². The number of fused-ring (bicyclic) bond motifs is 1. The monoisotopic (exact) mass is 343 g/mol. The number of carbonyl (C=O) groups excluding carboxylic acids is 1. The summed E-state index contributed by atoms with van der Waals surface area (Å²) < 4.78 is 7.99. The van der Waals surface area contributed by atoms with E-state index in [4.69, 9.17) is 4.74 Å². The average Bonchev–Trinajstić information content (AvgIpc) is 3.03. The molecule has 1 aromatic heterocycles. The number of methoxy groups -OCH3 is 1. The predicted molar refractivity (Wildman–Crippen MR) is 98.7 cm³/mol. The Morgan fingerprint density at radius 1 is 1.33 bits per heavy atom. The van der Waals surface area contributed by atoms with Crippen molar-refractivity contribution < 1.29 is 9.53 Å². The molecule has 2 aromatic rings. The molecule has 1 aromatic carbocycles. The van der Waals surface area contributed by atoms with Crippen LogP contribution in [-0.4, -0.2) is 24.4 Å². The Kier molecular flexibility index (Phi) is 4.94. The first kappa shape index (κ1) is 16.6. The van der Waals surface area contributed by atoms with Gasteiger partial charge >= 0.3 is 6.03 Å². The molecule has 5 nitrogen and oxygen atoms in total. The average molecular weight is 343 g/mol. The van der Waals surface area contributed by atoms with E-state index in [0.29, 0.717) is 5.88 Å². The summed E-state index contributed by atoms with van der Waals surface area (Å²) in [7, 11) is 1.60. The highest BCUT2D eigenvalue weighted by Gasteiger charge is 2.22. The maximum Gasteiger partial charge on any atom is 0.329 e. The van der Waals surface area contributed by atoms with Crippen molar-refractivity contribution in [1.82, 2.24) is 9.71 Å². The number of amides is 2. The second kappa shape index (κ2) is 7.13. The molecule has 3 rings (SSSR count). The molecule has 2 amide bonds. The van der Waals surface area contributed by atoms with Crippen molar-refractivity contribution in [3.63, 3.8) is 0 Å². The highest BCUT2D eigenvalue weighted by molar-refractivity contribution is 7.97. The SMILES string of the molecule is COc1cc(-c2c(C)cc3c(c2NC(=O)NSC)CCC3)ccn1.